The van der Waals surface area contributed by atoms with Crippen molar-refractivity contribution in [2.75, 3.05) is 13.7 Å². The lowest BCUT2D eigenvalue weighted by Gasteiger charge is -2.35. The van der Waals surface area contributed by atoms with Crippen LogP contribution in [0.1, 0.15) is 32.8 Å². The predicted molar refractivity (Wildman–Crippen MR) is 107 cm³/mol. The van der Waals surface area contributed by atoms with Crippen LogP contribution in [0.2, 0.25) is 0 Å². The van der Waals surface area contributed by atoms with Gasteiger partial charge in [-0.15, -0.1) is 0 Å². The molecule has 3 aliphatic rings. The van der Waals surface area contributed by atoms with Crippen molar-refractivity contribution in [3.63, 3.8) is 0 Å². The predicted octanol–water partition coefficient (Wildman–Crippen LogP) is 2.52. The van der Waals surface area contributed by atoms with Crippen LogP contribution in [0.3, 0.4) is 0 Å². The van der Waals surface area contributed by atoms with Gasteiger partial charge in [-0.25, -0.2) is 0 Å². The number of carbonyl (C=O) groups excluding carboxylic acids is 1. The third-order valence-corrected chi connectivity index (χ3v) is 4.93. The van der Waals surface area contributed by atoms with Crippen LogP contribution in [0.4, 0.5) is 0 Å². The van der Waals surface area contributed by atoms with Gasteiger partial charge in [-0.05, 0) is 32.9 Å². The summed E-state index contributed by atoms with van der Waals surface area (Å²) >= 11 is 0. The Kier molecular flexibility index (Phi) is 4.53. The minimum absolute atomic E-state index is 0.130. The quantitative estimate of drug-likeness (QED) is 0.811. The molecule has 28 heavy (non-hydrogen) atoms. The van der Waals surface area contributed by atoms with Gasteiger partial charge in [-0.3, -0.25) is 9.79 Å². The number of fused-ring (bicyclic) bond motifs is 5. The van der Waals surface area contributed by atoms with Crippen LogP contribution in [-0.4, -0.2) is 53.4 Å². The zero-order chi connectivity index (χ0) is 19.9. The van der Waals surface area contributed by atoms with Gasteiger partial charge in [-0.2, -0.15) is 0 Å². The number of ether oxygens (including phenoxy) is 2. The van der Waals surface area contributed by atoms with Gasteiger partial charge < -0.3 is 24.6 Å². The van der Waals surface area contributed by atoms with Crippen LogP contribution < -0.4 is 10.1 Å². The third kappa shape index (κ3) is 3.21. The number of esters is 1. The number of nitrogens with one attached hydrogen (secondary N) is 1. The Bertz CT molecular complexity index is 869. The van der Waals surface area contributed by atoms with E-state index in [4.69, 9.17) is 9.47 Å². The van der Waals surface area contributed by atoms with Gasteiger partial charge in [0.2, 0.25) is 0 Å². The van der Waals surface area contributed by atoms with Crippen molar-refractivity contribution in [3.05, 3.63) is 48.0 Å². The van der Waals surface area contributed by atoms with E-state index in [1.165, 1.54) is 7.11 Å². The topological polar surface area (TPSA) is 66.4 Å². The highest BCUT2D eigenvalue weighted by molar-refractivity contribution is 5.81. The first-order valence-corrected chi connectivity index (χ1v) is 9.47. The molecule has 0 saturated carbocycles. The van der Waals surface area contributed by atoms with Gasteiger partial charge in [0.05, 0.1) is 25.3 Å². The number of hydrogen-bond donors (Lipinski definition) is 1. The molecule has 1 aromatic rings. The molecule has 0 bridgehead atoms. The molecule has 1 aromatic carbocycles. The van der Waals surface area contributed by atoms with Crippen molar-refractivity contribution in [1.82, 2.24) is 15.1 Å². The summed E-state index contributed by atoms with van der Waals surface area (Å²) in [5, 5.41) is 3.65. The molecule has 7 nitrogen and oxygen atoms in total. The van der Waals surface area contributed by atoms with Crippen LogP contribution in [0.25, 0.3) is 5.70 Å². The van der Waals surface area contributed by atoms with Crippen molar-refractivity contribution >= 4 is 17.9 Å². The fourth-order valence-corrected chi connectivity index (χ4v) is 3.82. The molecule has 3 aliphatic heterocycles. The molecule has 0 spiro atoms. The largest absolute Gasteiger partial charge is 0.491 e. The van der Waals surface area contributed by atoms with E-state index in [2.05, 4.69) is 46.9 Å². The highest BCUT2D eigenvalue weighted by Crippen LogP contribution is 2.43. The van der Waals surface area contributed by atoms with E-state index in [-0.39, 0.29) is 30.1 Å². The van der Waals surface area contributed by atoms with Gasteiger partial charge in [0.25, 0.3) is 0 Å². The normalized spacial score (nSPS) is 22.9. The van der Waals surface area contributed by atoms with Crippen molar-refractivity contribution in [1.29, 1.82) is 0 Å². The van der Waals surface area contributed by atoms with E-state index in [1.54, 1.807) is 6.20 Å². The summed E-state index contributed by atoms with van der Waals surface area (Å²) in [6.45, 7) is 6.78. The molecular weight excluding hydrogens is 356 g/mol. The lowest BCUT2D eigenvalue weighted by Crippen LogP contribution is -2.49. The fourth-order valence-electron chi connectivity index (χ4n) is 3.82. The molecule has 0 fully saturated rings. The summed E-state index contributed by atoms with van der Waals surface area (Å²) in [5.41, 5.74) is 1.86. The lowest BCUT2D eigenvalue weighted by molar-refractivity contribution is -0.142. The Hall–Kier alpha value is -2.96. The Morgan fingerprint density at radius 1 is 1.36 bits per heavy atom. The first-order valence-electron chi connectivity index (χ1n) is 9.47. The SMILES string of the molecule is COC(=O)CC1COc2ccccc2C2=C(NC(C)(C)C)N3C=CN=CC3N21. The molecule has 2 atom stereocenters. The van der Waals surface area contributed by atoms with Crippen LogP contribution in [0, 0.1) is 0 Å². The molecule has 0 amide bonds. The van der Waals surface area contributed by atoms with E-state index in [9.17, 15) is 4.79 Å². The molecule has 2 unspecified atom stereocenters. The summed E-state index contributed by atoms with van der Waals surface area (Å²) in [7, 11) is 1.42. The molecule has 0 radical (unpaired) electrons. The number of aliphatic imine (C=N–C) groups is 1. The molecule has 148 valence electrons. The second kappa shape index (κ2) is 6.89. The van der Waals surface area contributed by atoms with E-state index in [0.717, 1.165) is 22.8 Å². The van der Waals surface area contributed by atoms with Crippen LogP contribution in [0.15, 0.2) is 47.5 Å². The minimum atomic E-state index is -0.258. The summed E-state index contributed by atoms with van der Waals surface area (Å²) in [5.74, 6) is 1.53. The first-order chi connectivity index (χ1) is 13.4. The number of para-hydroxylation sites is 1. The summed E-state index contributed by atoms with van der Waals surface area (Å²) in [6.07, 6.45) is 5.76. The highest BCUT2D eigenvalue weighted by atomic mass is 16.5. The van der Waals surface area contributed by atoms with Gasteiger partial charge >= 0.3 is 5.97 Å². The monoisotopic (exact) mass is 382 g/mol. The molecular formula is C21H26N4O3. The number of benzene rings is 1. The summed E-state index contributed by atoms with van der Waals surface area (Å²) in [4.78, 5) is 20.9. The lowest BCUT2D eigenvalue weighted by atomic mass is 10.1. The Morgan fingerprint density at radius 3 is 2.89 bits per heavy atom. The second-order valence-corrected chi connectivity index (χ2v) is 8.14. The Morgan fingerprint density at radius 2 is 2.14 bits per heavy atom. The molecule has 3 heterocycles. The standard InChI is InChI=1S/C21H26N4O3/c1-21(2,3)23-20-19-15-7-5-6-8-16(15)28-13-14(11-18(26)27-4)25(19)17-12-22-9-10-24(17)20/h5-10,12,14,17,23H,11,13H2,1-4H3. The number of rotatable bonds is 3. The van der Waals surface area contributed by atoms with E-state index in [1.807, 2.05) is 30.6 Å². The fraction of sp³-hybridized carbons (Fsp3) is 0.429. The molecule has 0 aliphatic carbocycles. The van der Waals surface area contributed by atoms with E-state index in [0.29, 0.717) is 6.61 Å². The maximum atomic E-state index is 12.1. The summed E-state index contributed by atoms with van der Waals surface area (Å²) < 4.78 is 11.1. The first kappa shape index (κ1) is 18.4. The van der Waals surface area contributed by atoms with E-state index < -0.39 is 0 Å². The third-order valence-electron chi connectivity index (χ3n) is 4.93. The van der Waals surface area contributed by atoms with Crippen molar-refractivity contribution in [2.24, 2.45) is 4.99 Å². The minimum Gasteiger partial charge on any atom is -0.491 e. The average Bonchev–Trinajstić information content (AvgIpc) is 2.88. The number of methoxy groups -OCH3 is 1. The zero-order valence-corrected chi connectivity index (χ0v) is 16.7. The molecule has 4 rings (SSSR count). The highest BCUT2D eigenvalue weighted by Gasteiger charge is 2.45. The van der Waals surface area contributed by atoms with Crippen molar-refractivity contribution in [3.8, 4) is 5.75 Å². The van der Waals surface area contributed by atoms with E-state index >= 15 is 0 Å². The maximum Gasteiger partial charge on any atom is 0.307 e. The summed E-state index contributed by atoms with van der Waals surface area (Å²) in [6, 6.07) is 7.81. The maximum absolute atomic E-state index is 12.1. The number of nitrogens with zero attached hydrogens (tertiary/aromatic N) is 3. The van der Waals surface area contributed by atoms with Gasteiger partial charge in [0, 0.05) is 29.7 Å². The Balaban J connectivity index is 1.89. The average molecular weight is 382 g/mol. The smallest absolute Gasteiger partial charge is 0.307 e. The van der Waals surface area contributed by atoms with Crippen LogP contribution in [-0.2, 0) is 9.53 Å². The molecule has 1 N–H and O–H groups in total. The van der Waals surface area contributed by atoms with Crippen LogP contribution in [0.5, 0.6) is 5.75 Å². The van der Waals surface area contributed by atoms with Crippen molar-refractivity contribution < 1.29 is 14.3 Å². The molecule has 7 heteroatoms. The Labute approximate surface area is 165 Å². The number of carbonyl (C=O) groups is 1. The van der Waals surface area contributed by atoms with Gasteiger partial charge in [-0.1, -0.05) is 12.1 Å². The van der Waals surface area contributed by atoms with Crippen LogP contribution >= 0.6 is 0 Å². The molecule has 0 aromatic heterocycles. The second-order valence-electron chi connectivity index (χ2n) is 8.14. The molecule has 0 saturated heterocycles. The van der Waals surface area contributed by atoms with Gasteiger partial charge in [0.1, 0.15) is 24.3 Å². The number of hydrogen-bond acceptors (Lipinski definition) is 7. The zero-order valence-electron chi connectivity index (χ0n) is 16.7. The van der Waals surface area contributed by atoms with Gasteiger partial charge in [0.15, 0.2) is 0 Å². The van der Waals surface area contributed by atoms with Crippen molar-refractivity contribution in [2.45, 2.75) is 44.9 Å².